The molecule has 3 aromatic rings. The number of thiophene rings is 1. The van der Waals surface area contributed by atoms with Crippen molar-refractivity contribution in [1.29, 1.82) is 0 Å². The van der Waals surface area contributed by atoms with E-state index in [1.54, 1.807) is 16.2 Å². The minimum atomic E-state index is -0.559. The Balaban J connectivity index is 1.77. The Morgan fingerprint density at radius 2 is 1.82 bits per heavy atom. The Labute approximate surface area is 209 Å². The fourth-order valence-corrected chi connectivity index (χ4v) is 4.29. The SMILES string of the molecule is CC[C@H](C)CN(CC(=O)N(Cc1ccccc1)Cc1cccs1)C(=O)Nc1ccc(F)c(Cl)c1. The number of carbonyl (C=O) groups is 2. The Bertz CT molecular complexity index is 1080. The summed E-state index contributed by atoms with van der Waals surface area (Å²) in [6.07, 6.45) is 0.864. The average molecular weight is 502 g/mol. The minimum Gasteiger partial charge on any atom is -0.332 e. The molecule has 1 heterocycles. The number of nitrogens with one attached hydrogen (secondary N) is 1. The highest BCUT2D eigenvalue weighted by Crippen LogP contribution is 2.20. The van der Waals surface area contributed by atoms with E-state index >= 15 is 0 Å². The summed E-state index contributed by atoms with van der Waals surface area (Å²) in [5.74, 6) is -0.500. The van der Waals surface area contributed by atoms with Crippen LogP contribution in [-0.2, 0) is 17.9 Å². The van der Waals surface area contributed by atoms with E-state index in [1.807, 2.05) is 61.7 Å². The van der Waals surface area contributed by atoms with Gasteiger partial charge in [-0.15, -0.1) is 11.3 Å². The van der Waals surface area contributed by atoms with Gasteiger partial charge in [0.05, 0.1) is 11.6 Å². The largest absolute Gasteiger partial charge is 0.332 e. The summed E-state index contributed by atoms with van der Waals surface area (Å²) in [5, 5.41) is 4.65. The van der Waals surface area contributed by atoms with Crippen molar-refractivity contribution in [2.24, 2.45) is 5.92 Å². The first-order chi connectivity index (χ1) is 16.4. The number of hydrogen-bond donors (Lipinski definition) is 1. The van der Waals surface area contributed by atoms with E-state index in [1.165, 1.54) is 23.1 Å². The maximum Gasteiger partial charge on any atom is 0.322 e. The van der Waals surface area contributed by atoms with E-state index in [0.29, 0.717) is 25.3 Å². The molecule has 0 aliphatic heterocycles. The predicted octanol–water partition coefficient (Wildman–Crippen LogP) is 6.65. The van der Waals surface area contributed by atoms with E-state index in [0.717, 1.165) is 16.9 Å². The molecule has 8 heteroatoms. The molecular weight excluding hydrogens is 473 g/mol. The van der Waals surface area contributed by atoms with Crippen LogP contribution in [0.3, 0.4) is 0 Å². The highest BCUT2D eigenvalue weighted by atomic mass is 35.5. The molecule has 5 nitrogen and oxygen atoms in total. The van der Waals surface area contributed by atoms with Crippen LogP contribution in [0.5, 0.6) is 0 Å². The van der Waals surface area contributed by atoms with Crippen molar-refractivity contribution >= 4 is 40.6 Å². The number of hydrogen-bond acceptors (Lipinski definition) is 3. The summed E-state index contributed by atoms with van der Waals surface area (Å²) in [6, 6.07) is 17.3. The number of urea groups is 1. The van der Waals surface area contributed by atoms with Crippen molar-refractivity contribution in [3.63, 3.8) is 0 Å². The average Bonchev–Trinajstić information content (AvgIpc) is 3.34. The van der Waals surface area contributed by atoms with Crippen molar-refractivity contribution < 1.29 is 14.0 Å². The van der Waals surface area contributed by atoms with Crippen LogP contribution < -0.4 is 5.32 Å². The molecule has 0 aliphatic rings. The quantitative estimate of drug-likeness (QED) is 0.338. The normalized spacial score (nSPS) is 11.6. The standard InChI is InChI=1S/C26H29ClFN3O2S/c1-3-19(2)15-31(26(33)29-21-11-12-24(28)23(27)14-21)18-25(32)30(17-22-10-7-13-34-22)16-20-8-5-4-6-9-20/h4-14,19H,3,15-18H2,1-2H3,(H,29,33)/t19-/m0/s1. The second-order valence-electron chi connectivity index (χ2n) is 8.27. The third-order valence-corrected chi connectivity index (χ3v) is 6.66. The van der Waals surface area contributed by atoms with E-state index in [-0.39, 0.29) is 23.4 Å². The van der Waals surface area contributed by atoms with Gasteiger partial charge < -0.3 is 15.1 Å². The molecule has 2 aromatic carbocycles. The summed E-state index contributed by atoms with van der Waals surface area (Å²) >= 11 is 7.45. The molecule has 0 spiro atoms. The highest BCUT2D eigenvalue weighted by molar-refractivity contribution is 7.09. The molecular formula is C26H29ClFN3O2S. The lowest BCUT2D eigenvalue weighted by atomic mass is 10.1. The summed E-state index contributed by atoms with van der Waals surface area (Å²) in [4.78, 5) is 30.9. The summed E-state index contributed by atoms with van der Waals surface area (Å²) < 4.78 is 13.5. The number of benzene rings is 2. The summed E-state index contributed by atoms with van der Waals surface area (Å²) in [6.45, 7) is 5.35. The van der Waals surface area contributed by atoms with E-state index in [4.69, 9.17) is 11.6 Å². The first-order valence-electron chi connectivity index (χ1n) is 11.2. The molecule has 180 valence electrons. The van der Waals surface area contributed by atoms with Crippen LogP contribution >= 0.6 is 22.9 Å². The van der Waals surface area contributed by atoms with Crippen LogP contribution in [-0.4, -0.2) is 34.8 Å². The van der Waals surface area contributed by atoms with Crippen molar-refractivity contribution in [3.05, 3.63) is 87.3 Å². The first-order valence-corrected chi connectivity index (χ1v) is 12.5. The van der Waals surface area contributed by atoms with Gasteiger partial charge in [0.25, 0.3) is 0 Å². The lowest BCUT2D eigenvalue weighted by Crippen LogP contribution is -2.45. The zero-order valence-corrected chi connectivity index (χ0v) is 20.9. The van der Waals surface area contributed by atoms with Gasteiger partial charge in [-0.05, 0) is 41.1 Å². The van der Waals surface area contributed by atoms with Crippen molar-refractivity contribution in [2.45, 2.75) is 33.4 Å². The fourth-order valence-electron chi connectivity index (χ4n) is 3.39. The Hall–Kier alpha value is -2.90. The third-order valence-electron chi connectivity index (χ3n) is 5.51. The highest BCUT2D eigenvalue weighted by Gasteiger charge is 2.23. The molecule has 0 fully saturated rings. The van der Waals surface area contributed by atoms with Gasteiger partial charge in [-0.1, -0.05) is 68.3 Å². The number of rotatable bonds is 10. The molecule has 0 bridgehead atoms. The maximum atomic E-state index is 13.5. The number of anilines is 1. The van der Waals surface area contributed by atoms with Gasteiger partial charge in [0, 0.05) is 23.7 Å². The summed E-state index contributed by atoms with van der Waals surface area (Å²) in [7, 11) is 0. The molecule has 3 rings (SSSR count). The maximum absolute atomic E-state index is 13.5. The van der Waals surface area contributed by atoms with Gasteiger partial charge in [-0.3, -0.25) is 4.79 Å². The molecule has 0 saturated carbocycles. The number of halogens is 2. The van der Waals surface area contributed by atoms with Gasteiger partial charge in [0.15, 0.2) is 0 Å². The number of amides is 3. The molecule has 1 atom stereocenters. The van der Waals surface area contributed by atoms with Crippen LogP contribution in [0.4, 0.5) is 14.9 Å². The smallest absolute Gasteiger partial charge is 0.322 e. The van der Waals surface area contributed by atoms with Gasteiger partial charge in [-0.25, -0.2) is 9.18 Å². The van der Waals surface area contributed by atoms with Crippen LogP contribution in [0.15, 0.2) is 66.0 Å². The molecule has 0 unspecified atom stereocenters. The Morgan fingerprint density at radius 1 is 1.06 bits per heavy atom. The second kappa shape index (κ2) is 12.5. The lowest BCUT2D eigenvalue weighted by molar-refractivity contribution is -0.133. The van der Waals surface area contributed by atoms with Crippen LogP contribution in [0.25, 0.3) is 0 Å². The van der Waals surface area contributed by atoms with E-state index in [2.05, 4.69) is 5.32 Å². The fraction of sp³-hybridized carbons (Fsp3) is 0.308. The third kappa shape index (κ3) is 7.57. The summed E-state index contributed by atoms with van der Waals surface area (Å²) in [5.41, 5.74) is 1.39. The predicted molar refractivity (Wildman–Crippen MR) is 136 cm³/mol. The van der Waals surface area contributed by atoms with Crippen molar-refractivity contribution in [3.8, 4) is 0 Å². The van der Waals surface area contributed by atoms with Gasteiger partial charge in [0.1, 0.15) is 12.4 Å². The number of carbonyl (C=O) groups excluding carboxylic acids is 2. The molecule has 0 radical (unpaired) electrons. The molecule has 0 saturated heterocycles. The van der Waals surface area contributed by atoms with Crippen LogP contribution in [0, 0.1) is 11.7 Å². The number of nitrogens with zero attached hydrogens (tertiary/aromatic N) is 2. The monoisotopic (exact) mass is 501 g/mol. The van der Waals surface area contributed by atoms with Crippen LogP contribution in [0.1, 0.15) is 30.7 Å². The minimum absolute atomic E-state index is 0.0662. The van der Waals surface area contributed by atoms with E-state index in [9.17, 15) is 14.0 Å². The van der Waals surface area contributed by atoms with Crippen LogP contribution in [0.2, 0.25) is 5.02 Å². The second-order valence-corrected chi connectivity index (χ2v) is 9.71. The molecule has 1 N–H and O–H groups in total. The molecule has 0 aliphatic carbocycles. The zero-order chi connectivity index (χ0) is 24.5. The van der Waals surface area contributed by atoms with Gasteiger partial charge in [0.2, 0.25) is 5.91 Å². The van der Waals surface area contributed by atoms with Gasteiger partial charge in [-0.2, -0.15) is 0 Å². The Kier molecular flexibility index (Phi) is 9.48. The van der Waals surface area contributed by atoms with E-state index < -0.39 is 11.8 Å². The zero-order valence-electron chi connectivity index (χ0n) is 19.3. The van der Waals surface area contributed by atoms with Crippen molar-refractivity contribution in [1.82, 2.24) is 9.80 Å². The molecule has 1 aromatic heterocycles. The topological polar surface area (TPSA) is 52.7 Å². The van der Waals surface area contributed by atoms with Gasteiger partial charge >= 0.3 is 6.03 Å². The first kappa shape index (κ1) is 25.7. The molecule has 3 amide bonds. The Morgan fingerprint density at radius 3 is 2.47 bits per heavy atom. The molecule has 34 heavy (non-hydrogen) atoms. The van der Waals surface area contributed by atoms with Crippen molar-refractivity contribution in [2.75, 3.05) is 18.4 Å². The lowest BCUT2D eigenvalue weighted by Gasteiger charge is -2.29.